The smallest absolute Gasteiger partial charge is 0.245 e. The predicted octanol–water partition coefficient (Wildman–Crippen LogP) is -0.556. The summed E-state index contributed by atoms with van der Waals surface area (Å²) in [6, 6.07) is 0. The summed E-state index contributed by atoms with van der Waals surface area (Å²) in [5.41, 5.74) is 5.35. The van der Waals surface area contributed by atoms with Gasteiger partial charge in [-0.05, 0) is 25.7 Å². The Morgan fingerprint density at radius 1 is 1.60 bits per heavy atom. The summed E-state index contributed by atoms with van der Waals surface area (Å²) < 4.78 is 0. The predicted molar refractivity (Wildman–Crippen MR) is 55.4 cm³/mol. The van der Waals surface area contributed by atoms with Crippen LogP contribution < -0.4 is 11.1 Å². The van der Waals surface area contributed by atoms with E-state index in [0.717, 1.165) is 12.8 Å². The van der Waals surface area contributed by atoms with Gasteiger partial charge in [0, 0.05) is 18.2 Å². The lowest BCUT2D eigenvalue weighted by atomic mass is 10.1. The number of rotatable bonds is 6. The minimum absolute atomic E-state index is 0.271. The van der Waals surface area contributed by atoms with Crippen LogP contribution in [0.4, 0.5) is 0 Å². The zero-order chi connectivity index (χ0) is 11.4. The lowest BCUT2D eigenvalue weighted by Gasteiger charge is -2.15. The molecule has 0 spiro atoms. The molecule has 1 aliphatic rings. The molecule has 0 bridgehead atoms. The number of nitrogens with two attached hydrogens (primary N) is 1. The van der Waals surface area contributed by atoms with E-state index in [1.54, 1.807) is 6.92 Å². The molecule has 5 N–H and O–H groups in total. The molecule has 0 radical (unpaired) electrons. The largest absolute Gasteiger partial charge is 0.393 e. The molecule has 2 unspecified atom stereocenters. The highest BCUT2D eigenvalue weighted by Gasteiger charge is 2.30. The van der Waals surface area contributed by atoms with Gasteiger partial charge in [-0.3, -0.25) is 4.79 Å². The van der Waals surface area contributed by atoms with E-state index in [9.17, 15) is 15.0 Å². The highest BCUT2D eigenvalue weighted by Crippen LogP contribution is 2.34. The Labute approximate surface area is 89.0 Å². The second-order valence-corrected chi connectivity index (χ2v) is 4.01. The normalized spacial score (nSPS) is 20.9. The van der Waals surface area contributed by atoms with Crippen molar-refractivity contribution >= 4 is 5.91 Å². The molecule has 1 rings (SSSR count). The highest BCUT2D eigenvalue weighted by atomic mass is 16.3. The molecule has 1 aliphatic carbocycles. The topological polar surface area (TPSA) is 95.6 Å². The van der Waals surface area contributed by atoms with E-state index in [0.29, 0.717) is 11.5 Å². The van der Waals surface area contributed by atoms with Crippen LogP contribution in [0.5, 0.6) is 0 Å². The fourth-order valence-corrected chi connectivity index (χ4v) is 1.26. The van der Waals surface area contributed by atoms with E-state index in [1.807, 2.05) is 0 Å². The number of primary amides is 1. The Morgan fingerprint density at radius 3 is 2.67 bits per heavy atom. The van der Waals surface area contributed by atoms with Gasteiger partial charge < -0.3 is 21.3 Å². The highest BCUT2D eigenvalue weighted by molar-refractivity contribution is 5.91. The standard InChI is InChI=1S/C10H18N2O3/c1-6(10(11)15)5-12-9(14)4-8(13)7-2-3-7/h5,7-9,12-14H,2-4H2,1H3,(H2,11,15)/b6-5-. The van der Waals surface area contributed by atoms with E-state index in [2.05, 4.69) is 5.32 Å². The summed E-state index contributed by atoms with van der Waals surface area (Å²) in [5.74, 6) is -0.194. The summed E-state index contributed by atoms with van der Waals surface area (Å²) in [4.78, 5) is 10.6. The molecule has 0 aliphatic heterocycles. The Kier molecular flexibility index (Phi) is 4.11. The van der Waals surface area contributed by atoms with Crippen LogP contribution in [0.15, 0.2) is 11.8 Å². The van der Waals surface area contributed by atoms with Gasteiger partial charge in [0.25, 0.3) is 0 Å². The van der Waals surface area contributed by atoms with Gasteiger partial charge in [0.2, 0.25) is 5.91 Å². The Hall–Kier alpha value is -1.07. The van der Waals surface area contributed by atoms with Crippen molar-refractivity contribution in [3.8, 4) is 0 Å². The molecule has 0 saturated heterocycles. The van der Waals surface area contributed by atoms with E-state index >= 15 is 0 Å². The zero-order valence-corrected chi connectivity index (χ0v) is 8.81. The average Bonchev–Trinajstić information content (AvgIpc) is 2.96. The zero-order valence-electron chi connectivity index (χ0n) is 8.81. The van der Waals surface area contributed by atoms with Crippen molar-refractivity contribution in [3.05, 3.63) is 11.8 Å². The molecular formula is C10H18N2O3. The lowest BCUT2D eigenvalue weighted by molar-refractivity contribution is -0.114. The molecule has 86 valence electrons. The van der Waals surface area contributed by atoms with Crippen molar-refractivity contribution in [3.63, 3.8) is 0 Å². The maximum Gasteiger partial charge on any atom is 0.245 e. The molecule has 2 atom stereocenters. The molecule has 0 aromatic heterocycles. The van der Waals surface area contributed by atoms with E-state index in [1.165, 1.54) is 6.20 Å². The second-order valence-electron chi connectivity index (χ2n) is 4.01. The van der Waals surface area contributed by atoms with Crippen LogP contribution in [0.2, 0.25) is 0 Å². The summed E-state index contributed by atoms with van der Waals surface area (Å²) in [5, 5.41) is 21.6. The number of aliphatic hydroxyl groups excluding tert-OH is 2. The molecule has 5 heteroatoms. The van der Waals surface area contributed by atoms with Gasteiger partial charge in [0.1, 0.15) is 6.23 Å². The monoisotopic (exact) mass is 214 g/mol. The summed E-state index contributed by atoms with van der Waals surface area (Å²) in [7, 11) is 0. The van der Waals surface area contributed by atoms with Gasteiger partial charge in [-0.2, -0.15) is 0 Å². The van der Waals surface area contributed by atoms with Crippen molar-refractivity contribution < 1.29 is 15.0 Å². The molecule has 15 heavy (non-hydrogen) atoms. The Morgan fingerprint density at radius 2 is 2.20 bits per heavy atom. The molecule has 5 nitrogen and oxygen atoms in total. The third-order valence-electron chi connectivity index (χ3n) is 2.51. The molecule has 0 aromatic carbocycles. The van der Waals surface area contributed by atoms with Crippen LogP contribution in [0.3, 0.4) is 0 Å². The van der Waals surface area contributed by atoms with Gasteiger partial charge >= 0.3 is 0 Å². The van der Waals surface area contributed by atoms with Gasteiger partial charge in [-0.1, -0.05) is 0 Å². The molecule has 1 fully saturated rings. The van der Waals surface area contributed by atoms with Gasteiger partial charge in [-0.25, -0.2) is 0 Å². The summed E-state index contributed by atoms with van der Waals surface area (Å²) >= 11 is 0. The average molecular weight is 214 g/mol. The first kappa shape index (κ1) is 12.0. The lowest BCUT2D eigenvalue weighted by Crippen LogP contribution is -2.30. The maximum atomic E-state index is 10.6. The SMILES string of the molecule is C/C(=C/NC(O)CC(O)C1CC1)C(N)=O. The van der Waals surface area contributed by atoms with Crippen LogP contribution in [0.1, 0.15) is 26.2 Å². The number of carbonyl (C=O) groups is 1. The van der Waals surface area contributed by atoms with Crippen LogP contribution in [0, 0.1) is 5.92 Å². The van der Waals surface area contributed by atoms with Crippen LogP contribution in [0.25, 0.3) is 0 Å². The first-order chi connectivity index (χ1) is 7.00. The fourth-order valence-electron chi connectivity index (χ4n) is 1.26. The van der Waals surface area contributed by atoms with Gasteiger partial charge in [0.05, 0.1) is 6.10 Å². The Balaban J connectivity index is 2.25. The van der Waals surface area contributed by atoms with Crippen LogP contribution >= 0.6 is 0 Å². The first-order valence-electron chi connectivity index (χ1n) is 5.09. The van der Waals surface area contributed by atoms with Crippen molar-refractivity contribution in [2.75, 3.05) is 0 Å². The minimum atomic E-state index is -0.838. The number of aliphatic hydroxyl groups is 2. The summed E-state index contributed by atoms with van der Waals surface area (Å²) in [6.07, 6.45) is 2.40. The quantitative estimate of drug-likeness (QED) is 0.352. The van der Waals surface area contributed by atoms with Crippen molar-refractivity contribution in [1.29, 1.82) is 0 Å². The third kappa shape index (κ3) is 4.31. The molecule has 1 saturated carbocycles. The second kappa shape index (κ2) is 5.14. The molecule has 0 aromatic rings. The molecule has 0 heterocycles. The summed E-state index contributed by atoms with van der Waals surface area (Å²) in [6.45, 7) is 1.55. The third-order valence-corrected chi connectivity index (χ3v) is 2.51. The van der Waals surface area contributed by atoms with Gasteiger partial charge in [0.15, 0.2) is 0 Å². The minimum Gasteiger partial charge on any atom is -0.393 e. The van der Waals surface area contributed by atoms with Crippen LogP contribution in [-0.4, -0.2) is 28.5 Å². The number of hydrogen-bond donors (Lipinski definition) is 4. The van der Waals surface area contributed by atoms with E-state index in [4.69, 9.17) is 5.73 Å². The molecular weight excluding hydrogens is 196 g/mol. The van der Waals surface area contributed by atoms with Crippen LogP contribution in [-0.2, 0) is 4.79 Å². The van der Waals surface area contributed by atoms with Crippen molar-refractivity contribution in [2.45, 2.75) is 38.5 Å². The van der Waals surface area contributed by atoms with Gasteiger partial charge in [-0.15, -0.1) is 0 Å². The van der Waals surface area contributed by atoms with E-state index < -0.39 is 18.2 Å². The number of nitrogens with one attached hydrogen (secondary N) is 1. The number of carbonyl (C=O) groups excluding carboxylic acids is 1. The maximum absolute atomic E-state index is 10.6. The van der Waals surface area contributed by atoms with Crippen molar-refractivity contribution in [2.24, 2.45) is 11.7 Å². The fraction of sp³-hybridized carbons (Fsp3) is 0.700. The molecule has 1 amide bonds. The van der Waals surface area contributed by atoms with Crippen molar-refractivity contribution in [1.82, 2.24) is 5.32 Å². The number of amides is 1. The van der Waals surface area contributed by atoms with E-state index in [-0.39, 0.29) is 6.42 Å². The Bertz CT molecular complexity index is 261. The number of hydrogen-bond acceptors (Lipinski definition) is 4. The first-order valence-corrected chi connectivity index (χ1v) is 5.09.